The Morgan fingerprint density at radius 2 is 1.68 bits per heavy atom. The zero-order valence-corrected chi connectivity index (χ0v) is 19.4. The molecule has 5 heterocycles. The van der Waals surface area contributed by atoms with Gasteiger partial charge in [0.2, 0.25) is 0 Å². The molecule has 6 rings (SSSR count). The number of rotatable bonds is 4. The first-order chi connectivity index (χ1) is 16.7. The fraction of sp³-hybridized carbons (Fsp3) is 0.280. The van der Waals surface area contributed by atoms with Crippen molar-refractivity contribution in [3.63, 3.8) is 0 Å². The summed E-state index contributed by atoms with van der Waals surface area (Å²) in [5.74, 6) is 0.0978. The Bertz CT molecular complexity index is 1320. The van der Waals surface area contributed by atoms with Crippen LogP contribution in [0.15, 0.2) is 66.6 Å². The Balaban J connectivity index is 1.06. The highest BCUT2D eigenvalue weighted by Gasteiger charge is 2.37. The smallest absolute Gasteiger partial charge is 0.282 e. The maximum absolute atomic E-state index is 13.1. The summed E-state index contributed by atoms with van der Waals surface area (Å²) in [6, 6.07) is 12.2. The minimum absolute atomic E-state index is 0.0215. The molecule has 172 valence electrons. The molecule has 0 radical (unpaired) electrons. The van der Waals surface area contributed by atoms with Gasteiger partial charge in [-0.15, -0.1) is 11.3 Å². The molecule has 0 atom stereocenters. The zero-order valence-electron chi connectivity index (χ0n) is 18.6. The molecule has 9 heteroatoms. The van der Waals surface area contributed by atoms with E-state index in [1.54, 1.807) is 18.6 Å². The molecule has 0 aliphatic carbocycles. The van der Waals surface area contributed by atoms with E-state index in [9.17, 15) is 9.59 Å². The lowest BCUT2D eigenvalue weighted by Gasteiger charge is -2.48. The molecular formula is C25H24N6O2S. The second kappa shape index (κ2) is 8.66. The Hall–Kier alpha value is -3.56. The Morgan fingerprint density at radius 3 is 2.41 bits per heavy atom. The van der Waals surface area contributed by atoms with E-state index in [-0.39, 0.29) is 11.8 Å². The summed E-state index contributed by atoms with van der Waals surface area (Å²) in [4.78, 5) is 40.0. The van der Waals surface area contributed by atoms with Crippen LogP contribution in [0.1, 0.15) is 20.2 Å². The molecule has 0 bridgehead atoms. The molecule has 1 aromatic carbocycles. The lowest BCUT2D eigenvalue weighted by molar-refractivity contribution is 0.00854. The van der Waals surface area contributed by atoms with Crippen LogP contribution in [0.2, 0.25) is 0 Å². The van der Waals surface area contributed by atoms with E-state index < -0.39 is 0 Å². The molecule has 4 aromatic rings. The van der Waals surface area contributed by atoms with Gasteiger partial charge in [0.25, 0.3) is 11.8 Å². The fourth-order valence-corrected chi connectivity index (χ4v) is 5.40. The van der Waals surface area contributed by atoms with Crippen LogP contribution in [0.3, 0.4) is 0 Å². The number of carbonyl (C=O) groups is 2. The van der Waals surface area contributed by atoms with Crippen LogP contribution in [0.5, 0.6) is 0 Å². The van der Waals surface area contributed by atoms with Crippen LogP contribution in [-0.4, -0.2) is 86.4 Å². The molecule has 8 nitrogen and oxygen atoms in total. The maximum atomic E-state index is 13.1. The van der Waals surface area contributed by atoms with Crippen molar-refractivity contribution in [3.8, 4) is 5.69 Å². The number of nitrogens with zero attached hydrogens (tertiary/aromatic N) is 6. The third-order valence-corrected chi connectivity index (χ3v) is 7.52. The number of carbonyl (C=O) groups excluding carboxylic acids is 2. The molecule has 2 aliphatic rings. The number of benzene rings is 1. The van der Waals surface area contributed by atoms with E-state index in [2.05, 4.69) is 19.4 Å². The van der Waals surface area contributed by atoms with Gasteiger partial charge in [0, 0.05) is 92.1 Å². The SMILES string of the molecule is O=C(c1ccc2c(ccn2-c2ccncc2)c1)N1CC(N2CCN(C(=O)c3nccs3)CC2)C1. The number of likely N-dealkylation sites (tertiary alicyclic amines) is 1. The van der Waals surface area contributed by atoms with Gasteiger partial charge in [-0.25, -0.2) is 4.98 Å². The average molecular weight is 473 g/mol. The van der Waals surface area contributed by atoms with Gasteiger partial charge in [0.05, 0.1) is 5.52 Å². The largest absolute Gasteiger partial charge is 0.335 e. The predicted molar refractivity (Wildman–Crippen MR) is 130 cm³/mol. The number of pyridine rings is 1. The van der Waals surface area contributed by atoms with E-state index >= 15 is 0 Å². The second-order valence-corrected chi connectivity index (χ2v) is 9.59. The van der Waals surface area contributed by atoms with Gasteiger partial charge in [-0.05, 0) is 36.4 Å². The van der Waals surface area contributed by atoms with Gasteiger partial charge in [-0.2, -0.15) is 0 Å². The Morgan fingerprint density at radius 1 is 0.882 bits per heavy atom. The summed E-state index contributed by atoms with van der Waals surface area (Å²) in [6.07, 6.45) is 7.24. The first-order valence-corrected chi connectivity index (χ1v) is 12.3. The van der Waals surface area contributed by atoms with Gasteiger partial charge in [-0.1, -0.05) is 0 Å². The predicted octanol–water partition coefficient (Wildman–Crippen LogP) is 2.76. The molecular weight excluding hydrogens is 448 g/mol. The van der Waals surface area contributed by atoms with Gasteiger partial charge in [-0.3, -0.25) is 19.5 Å². The van der Waals surface area contributed by atoms with Crippen LogP contribution in [0.4, 0.5) is 0 Å². The fourth-order valence-electron chi connectivity index (χ4n) is 4.79. The van der Waals surface area contributed by atoms with Crippen LogP contribution < -0.4 is 0 Å². The van der Waals surface area contributed by atoms with E-state index in [0.717, 1.165) is 48.3 Å². The summed E-state index contributed by atoms with van der Waals surface area (Å²) in [7, 11) is 0. The molecule has 2 fully saturated rings. The van der Waals surface area contributed by atoms with Crippen LogP contribution >= 0.6 is 11.3 Å². The number of thiazole rings is 1. The van der Waals surface area contributed by atoms with Crippen LogP contribution in [0.25, 0.3) is 16.6 Å². The Kier molecular flexibility index (Phi) is 5.35. The Labute approximate surface area is 201 Å². The van der Waals surface area contributed by atoms with E-state index in [0.29, 0.717) is 24.1 Å². The molecule has 0 unspecified atom stereocenters. The number of hydrogen-bond donors (Lipinski definition) is 0. The topological polar surface area (TPSA) is 74.6 Å². The van der Waals surface area contributed by atoms with Crippen molar-refractivity contribution < 1.29 is 9.59 Å². The summed E-state index contributed by atoms with van der Waals surface area (Å²) in [6.45, 7) is 4.53. The summed E-state index contributed by atoms with van der Waals surface area (Å²) in [5, 5.41) is 3.43. The highest BCUT2D eigenvalue weighted by Crippen LogP contribution is 2.25. The summed E-state index contributed by atoms with van der Waals surface area (Å²) >= 11 is 1.39. The van der Waals surface area contributed by atoms with Crippen molar-refractivity contribution in [2.75, 3.05) is 39.3 Å². The normalized spacial score (nSPS) is 17.2. The number of amides is 2. The third-order valence-electron chi connectivity index (χ3n) is 6.76. The number of fused-ring (bicyclic) bond motifs is 1. The van der Waals surface area contributed by atoms with Crippen molar-refractivity contribution in [3.05, 3.63) is 77.1 Å². The molecule has 2 saturated heterocycles. The molecule has 0 spiro atoms. The highest BCUT2D eigenvalue weighted by molar-refractivity contribution is 7.11. The van der Waals surface area contributed by atoms with Crippen molar-refractivity contribution in [2.24, 2.45) is 0 Å². The lowest BCUT2D eigenvalue weighted by Crippen LogP contribution is -2.64. The first-order valence-electron chi connectivity index (χ1n) is 11.4. The van der Waals surface area contributed by atoms with Crippen molar-refractivity contribution in [2.45, 2.75) is 6.04 Å². The second-order valence-electron chi connectivity index (χ2n) is 8.69. The average Bonchev–Trinajstić information content (AvgIpc) is 3.54. The van der Waals surface area contributed by atoms with E-state index in [4.69, 9.17) is 0 Å². The minimum atomic E-state index is 0.0215. The minimum Gasteiger partial charge on any atom is -0.335 e. The summed E-state index contributed by atoms with van der Waals surface area (Å²) < 4.78 is 2.10. The van der Waals surface area contributed by atoms with E-state index in [1.165, 1.54) is 11.3 Å². The third kappa shape index (κ3) is 3.76. The van der Waals surface area contributed by atoms with Crippen molar-refractivity contribution >= 4 is 34.1 Å². The number of piperazine rings is 1. The van der Waals surface area contributed by atoms with Gasteiger partial charge >= 0.3 is 0 Å². The van der Waals surface area contributed by atoms with Crippen molar-refractivity contribution in [1.29, 1.82) is 0 Å². The molecule has 2 aliphatic heterocycles. The highest BCUT2D eigenvalue weighted by atomic mass is 32.1. The molecule has 2 amide bonds. The summed E-state index contributed by atoms with van der Waals surface area (Å²) in [5.41, 5.74) is 2.83. The molecule has 3 aromatic heterocycles. The lowest BCUT2D eigenvalue weighted by atomic mass is 10.0. The molecule has 34 heavy (non-hydrogen) atoms. The first kappa shape index (κ1) is 21.0. The maximum Gasteiger partial charge on any atom is 0.282 e. The monoisotopic (exact) mass is 472 g/mol. The van der Waals surface area contributed by atoms with Crippen molar-refractivity contribution in [1.82, 2.24) is 29.2 Å². The molecule has 0 saturated carbocycles. The number of hydrogen-bond acceptors (Lipinski definition) is 6. The number of aromatic nitrogens is 3. The van der Waals surface area contributed by atoms with Crippen LogP contribution in [0, 0.1) is 0 Å². The van der Waals surface area contributed by atoms with Crippen LogP contribution in [-0.2, 0) is 0 Å². The van der Waals surface area contributed by atoms with Gasteiger partial charge in [0.15, 0.2) is 5.01 Å². The van der Waals surface area contributed by atoms with E-state index in [1.807, 2.05) is 57.8 Å². The standard InChI is InChI=1S/C25H24N6O2S/c32-24(19-1-2-22-18(15-19)5-9-31(22)20-3-6-26-7-4-20)30-16-21(17-30)28-10-12-29(13-11-28)25(33)23-27-8-14-34-23/h1-9,14-15,21H,10-13,16-17H2. The van der Waals surface area contributed by atoms with Gasteiger partial charge in [0.1, 0.15) is 0 Å². The van der Waals surface area contributed by atoms with Gasteiger partial charge < -0.3 is 14.4 Å². The molecule has 0 N–H and O–H groups in total. The quantitative estimate of drug-likeness (QED) is 0.457. The zero-order chi connectivity index (χ0) is 23.1.